The van der Waals surface area contributed by atoms with Gasteiger partial charge in [0.2, 0.25) is 0 Å². The predicted molar refractivity (Wildman–Crippen MR) is 244 cm³/mol. The van der Waals surface area contributed by atoms with Crippen LogP contribution in [0.4, 0.5) is 24.5 Å². The van der Waals surface area contributed by atoms with E-state index in [0.29, 0.717) is 47.6 Å². The van der Waals surface area contributed by atoms with Crippen LogP contribution in [0.2, 0.25) is 0 Å². The van der Waals surface area contributed by atoms with Gasteiger partial charge >= 0.3 is 18.1 Å². The van der Waals surface area contributed by atoms with E-state index >= 15 is 0 Å². The lowest BCUT2D eigenvalue weighted by Crippen LogP contribution is -2.14. The van der Waals surface area contributed by atoms with Gasteiger partial charge in [-0.3, -0.25) is 19.0 Å². The number of hydrogen-bond donors (Lipinski definition) is 4. The number of rotatable bonds is 22. The van der Waals surface area contributed by atoms with E-state index in [2.05, 4.69) is 9.44 Å². The highest BCUT2D eigenvalue weighted by molar-refractivity contribution is 7.93. The van der Waals surface area contributed by atoms with E-state index < -0.39 is 48.6 Å². The first kappa shape index (κ1) is 50.7. The Morgan fingerprint density at radius 3 is 1.37 bits per heavy atom. The van der Waals surface area contributed by atoms with Gasteiger partial charge in [0, 0.05) is 24.2 Å². The van der Waals surface area contributed by atoms with E-state index in [1.54, 1.807) is 78.9 Å². The summed E-state index contributed by atoms with van der Waals surface area (Å²) in [5, 5.41) is 17.7. The fourth-order valence-corrected chi connectivity index (χ4v) is 8.19. The first-order valence-electron chi connectivity index (χ1n) is 20.5. The molecule has 0 saturated heterocycles. The second kappa shape index (κ2) is 23.8. The summed E-state index contributed by atoms with van der Waals surface area (Å²) in [5.41, 5.74) is 2.11. The number of carbonyl (C=O) groups is 2. The zero-order chi connectivity index (χ0) is 48.5. The van der Waals surface area contributed by atoms with Gasteiger partial charge in [-0.2, -0.15) is 13.2 Å². The van der Waals surface area contributed by atoms with Crippen LogP contribution in [0.15, 0.2) is 155 Å². The van der Waals surface area contributed by atoms with Crippen molar-refractivity contribution in [3.8, 4) is 23.0 Å². The lowest BCUT2D eigenvalue weighted by molar-refractivity contribution is -0.138. The number of ether oxygens (including phenoxy) is 4. The number of aliphatic carboxylic acids is 2. The van der Waals surface area contributed by atoms with Crippen molar-refractivity contribution in [3.05, 3.63) is 168 Å². The number of aryl methyl sites for hydroxylation is 3. The molecule has 0 saturated carbocycles. The highest BCUT2D eigenvalue weighted by Gasteiger charge is 2.31. The van der Waals surface area contributed by atoms with Gasteiger partial charge in [-0.1, -0.05) is 60.2 Å². The maximum Gasteiger partial charge on any atom is 0.416 e. The number of carboxylic acid groups (broad SMARTS) is 2. The van der Waals surface area contributed by atoms with Crippen molar-refractivity contribution in [1.82, 2.24) is 0 Å². The molecule has 0 spiro atoms. The molecule has 0 aliphatic carbocycles. The summed E-state index contributed by atoms with van der Waals surface area (Å²) in [6.07, 6.45) is -3.90. The smallest absolute Gasteiger partial charge is 0.416 e. The van der Waals surface area contributed by atoms with Crippen LogP contribution in [0.25, 0.3) is 0 Å². The van der Waals surface area contributed by atoms with E-state index in [4.69, 9.17) is 29.2 Å². The summed E-state index contributed by atoms with van der Waals surface area (Å²) in [7, 11) is -7.88. The van der Waals surface area contributed by atoms with Gasteiger partial charge in [-0.05, 0) is 122 Å². The van der Waals surface area contributed by atoms with Gasteiger partial charge in [0.05, 0.1) is 15.4 Å². The van der Waals surface area contributed by atoms with Crippen molar-refractivity contribution in [2.75, 3.05) is 35.9 Å². The molecule has 0 amide bonds. The number of benzene rings is 6. The van der Waals surface area contributed by atoms with Gasteiger partial charge in [-0.25, -0.2) is 16.8 Å². The maximum atomic E-state index is 12.9. The molecule has 0 fully saturated rings. The first-order valence-corrected chi connectivity index (χ1v) is 23.4. The minimum absolute atomic E-state index is 0.0132. The Morgan fingerprint density at radius 1 is 0.522 bits per heavy atom. The third-order valence-corrected chi connectivity index (χ3v) is 12.2. The Labute approximate surface area is 386 Å². The molecular formula is C48H47F3N2O12S2. The van der Waals surface area contributed by atoms with Crippen LogP contribution in [0.5, 0.6) is 23.0 Å². The summed E-state index contributed by atoms with van der Waals surface area (Å²) in [6, 6.07) is 37.0. The Morgan fingerprint density at radius 2 is 0.940 bits per heavy atom. The van der Waals surface area contributed by atoms with Crippen LogP contribution in [0.1, 0.15) is 35.1 Å². The van der Waals surface area contributed by atoms with Crippen LogP contribution in [-0.2, 0) is 48.7 Å². The summed E-state index contributed by atoms with van der Waals surface area (Å²) in [5.74, 6) is 0.451. The molecule has 14 nitrogen and oxygen atoms in total. The van der Waals surface area contributed by atoms with E-state index in [-0.39, 0.29) is 49.9 Å². The highest BCUT2D eigenvalue weighted by Crippen LogP contribution is 2.31. The van der Waals surface area contributed by atoms with Crippen LogP contribution < -0.4 is 28.4 Å². The second-order valence-electron chi connectivity index (χ2n) is 14.5. The summed E-state index contributed by atoms with van der Waals surface area (Å²) in [4.78, 5) is 21.3. The topological polar surface area (TPSA) is 204 Å². The number of hydrogen-bond acceptors (Lipinski definition) is 10. The van der Waals surface area contributed by atoms with Crippen LogP contribution >= 0.6 is 0 Å². The average Bonchev–Trinajstić information content (AvgIpc) is 3.29. The SMILES string of the molecule is Cc1ccc(S(=O)(=O)Nc2ccc(OCCOc3ccccc3CCC(=O)O)cc2)cc1.O=C(O)CCc1ccccc1OCCOc1ccc(NS(=O)(=O)c2cccc(C(F)(F)F)c2)cc1. The van der Waals surface area contributed by atoms with E-state index in [0.717, 1.165) is 34.9 Å². The van der Waals surface area contributed by atoms with Crippen molar-refractivity contribution in [2.24, 2.45) is 0 Å². The van der Waals surface area contributed by atoms with Crippen molar-refractivity contribution < 1.29 is 68.8 Å². The molecule has 0 aliphatic rings. The zero-order valence-electron chi connectivity index (χ0n) is 35.9. The molecule has 6 aromatic carbocycles. The standard InChI is InChI=1S/C24H22F3NO6S.C24H25NO6S/c25-24(26,27)18-5-3-6-21(16-18)35(31,32)28-19-9-11-20(12-10-19)33-14-15-34-22-7-2-1-4-17(22)8-13-23(29)30;1-18-6-13-22(14-7-18)32(28,29)25-20-9-11-21(12-10-20)30-16-17-31-23-5-3-2-4-19(23)8-15-24(26)27/h1-7,9-12,16,28H,8,13-15H2,(H,29,30);2-7,9-14,25H,8,15-17H2,1H3,(H,26,27). The van der Waals surface area contributed by atoms with Crippen molar-refractivity contribution >= 4 is 43.4 Å². The highest BCUT2D eigenvalue weighted by atomic mass is 32.2. The van der Waals surface area contributed by atoms with Crippen molar-refractivity contribution in [3.63, 3.8) is 0 Å². The molecule has 0 heterocycles. The third-order valence-electron chi connectivity index (χ3n) is 9.40. The summed E-state index contributed by atoms with van der Waals surface area (Å²) < 4.78 is 116. The van der Waals surface area contributed by atoms with Crippen LogP contribution in [0.3, 0.4) is 0 Å². The Hall–Kier alpha value is -7.25. The fourth-order valence-electron chi connectivity index (χ4n) is 6.03. The largest absolute Gasteiger partial charge is 0.490 e. The lowest BCUT2D eigenvalue weighted by Gasteiger charge is -2.13. The van der Waals surface area contributed by atoms with E-state index in [9.17, 15) is 39.6 Å². The van der Waals surface area contributed by atoms with Crippen LogP contribution in [-0.4, -0.2) is 65.4 Å². The molecule has 0 atom stereocenters. The van der Waals surface area contributed by atoms with E-state index in [1.807, 2.05) is 25.1 Å². The molecule has 0 aliphatic heterocycles. The number of nitrogens with one attached hydrogen (secondary N) is 2. The Balaban J connectivity index is 0.000000252. The molecule has 0 aromatic heterocycles. The summed E-state index contributed by atoms with van der Waals surface area (Å²) in [6.45, 7) is 2.82. The zero-order valence-corrected chi connectivity index (χ0v) is 37.6. The summed E-state index contributed by atoms with van der Waals surface area (Å²) >= 11 is 0. The number of para-hydroxylation sites is 2. The molecule has 67 heavy (non-hydrogen) atoms. The molecule has 354 valence electrons. The van der Waals surface area contributed by atoms with Gasteiger partial charge in [0.25, 0.3) is 20.0 Å². The molecular weight excluding hydrogens is 918 g/mol. The minimum Gasteiger partial charge on any atom is -0.490 e. The predicted octanol–water partition coefficient (Wildman–Crippen LogP) is 9.25. The minimum atomic E-state index is -4.66. The lowest BCUT2D eigenvalue weighted by atomic mass is 10.1. The first-order chi connectivity index (χ1) is 31.9. The molecule has 0 unspecified atom stereocenters. The number of sulfonamides is 2. The van der Waals surface area contributed by atoms with E-state index in [1.165, 1.54) is 24.3 Å². The van der Waals surface area contributed by atoms with Gasteiger partial charge in [-0.15, -0.1) is 0 Å². The number of carboxylic acids is 2. The van der Waals surface area contributed by atoms with Gasteiger partial charge in [0.1, 0.15) is 49.4 Å². The molecule has 6 aromatic rings. The third kappa shape index (κ3) is 16.6. The second-order valence-corrected chi connectivity index (χ2v) is 17.9. The van der Waals surface area contributed by atoms with Crippen molar-refractivity contribution in [2.45, 2.75) is 48.6 Å². The number of anilines is 2. The number of halogens is 3. The van der Waals surface area contributed by atoms with Crippen molar-refractivity contribution in [1.29, 1.82) is 0 Å². The monoisotopic (exact) mass is 964 g/mol. The number of alkyl halides is 3. The molecule has 0 bridgehead atoms. The molecule has 19 heteroatoms. The van der Waals surface area contributed by atoms with Crippen LogP contribution in [0, 0.1) is 6.92 Å². The average molecular weight is 965 g/mol. The Bertz CT molecular complexity index is 2790. The maximum absolute atomic E-state index is 12.9. The molecule has 6 rings (SSSR count). The van der Waals surface area contributed by atoms with Gasteiger partial charge < -0.3 is 29.2 Å². The fraction of sp³-hybridized carbons (Fsp3) is 0.208. The quantitative estimate of drug-likeness (QED) is 0.0470. The molecule has 4 N–H and O–H groups in total. The normalized spacial score (nSPS) is 11.3. The molecule has 0 radical (unpaired) electrons. The Kier molecular flexibility index (Phi) is 18.0. The van der Waals surface area contributed by atoms with Gasteiger partial charge in [0.15, 0.2) is 0 Å².